The molecule has 7 heteroatoms. The van der Waals surface area contributed by atoms with Crippen molar-refractivity contribution in [1.29, 1.82) is 5.26 Å². The standard InChI is InChI=1S/C19H25N3O3S/c1-26(24,25)22(18-9-5-8-17(14-18)15-20)13-11-19(23)21-12-10-16-6-3-2-4-7-16/h5-6,8-9,14H,2-4,7,10-13H2,1H3,(H,21,23). The summed E-state index contributed by atoms with van der Waals surface area (Å²) in [5.41, 5.74) is 2.16. The van der Waals surface area contributed by atoms with Crippen molar-refractivity contribution in [3.05, 3.63) is 41.5 Å². The number of carbonyl (C=O) groups excluding carboxylic acids is 1. The molecule has 0 saturated heterocycles. The lowest BCUT2D eigenvalue weighted by molar-refractivity contribution is -0.120. The van der Waals surface area contributed by atoms with Crippen LogP contribution in [0, 0.1) is 11.3 Å². The number of rotatable bonds is 8. The molecule has 0 fully saturated rings. The number of nitrogens with zero attached hydrogens (tertiary/aromatic N) is 2. The predicted octanol–water partition coefficient (Wildman–Crippen LogP) is 2.72. The molecule has 0 unspecified atom stereocenters. The highest BCUT2D eigenvalue weighted by atomic mass is 32.2. The SMILES string of the molecule is CS(=O)(=O)N(CCC(=O)NCCC1=CCCCC1)c1cccc(C#N)c1. The van der Waals surface area contributed by atoms with Crippen LogP contribution in [0.4, 0.5) is 5.69 Å². The second kappa shape index (κ2) is 9.39. The molecule has 0 atom stereocenters. The first-order valence-corrected chi connectivity index (χ1v) is 10.7. The third-order valence-corrected chi connectivity index (χ3v) is 5.55. The largest absolute Gasteiger partial charge is 0.356 e. The molecule has 1 amide bonds. The summed E-state index contributed by atoms with van der Waals surface area (Å²) in [4.78, 5) is 12.1. The van der Waals surface area contributed by atoms with E-state index in [0.717, 1.165) is 29.8 Å². The Balaban J connectivity index is 1.89. The number of amides is 1. The number of sulfonamides is 1. The van der Waals surface area contributed by atoms with Gasteiger partial charge < -0.3 is 5.32 Å². The molecular formula is C19H25N3O3S. The number of hydrogen-bond acceptors (Lipinski definition) is 4. The number of nitrogens with one attached hydrogen (secondary N) is 1. The summed E-state index contributed by atoms with van der Waals surface area (Å²) < 4.78 is 25.3. The predicted molar refractivity (Wildman–Crippen MR) is 102 cm³/mol. The molecule has 0 heterocycles. The minimum Gasteiger partial charge on any atom is -0.356 e. The highest BCUT2D eigenvalue weighted by molar-refractivity contribution is 7.92. The van der Waals surface area contributed by atoms with Crippen LogP contribution in [0.3, 0.4) is 0 Å². The van der Waals surface area contributed by atoms with Gasteiger partial charge in [-0.2, -0.15) is 5.26 Å². The van der Waals surface area contributed by atoms with Gasteiger partial charge in [-0.1, -0.05) is 17.7 Å². The highest BCUT2D eigenvalue weighted by Gasteiger charge is 2.19. The van der Waals surface area contributed by atoms with Crippen LogP contribution < -0.4 is 9.62 Å². The number of anilines is 1. The molecule has 140 valence electrons. The normalized spacial score (nSPS) is 14.2. The lowest BCUT2D eigenvalue weighted by Gasteiger charge is -2.22. The third kappa shape index (κ3) is 6.19. The van der Waals surface area contributed by atoms with Crippen molar-refractivity contribution in [3.63, 3.8) is 0 Å². The van der Waals surface area contributed by atoms with E-state index in [2.05, 4.69) is 11.4 Å². The average molecular weight is 375 g/mol. The van der Waals surface area contributed by atoms with E-state index in [0.29, 0.717) is 17.8 Å². The van der Waals surface area contributed by atoms with Crippen molar-refractivity contribution in [3.8, 4) is 6.07 Å². The van der Waals surface area contributed by atoms with Crippen molar-refractivity contribution in [2.45, 2.75) is 38.5 Å². The van der Waals surface area contributed by atoms with E-state index in [9.17, 15) is 13.2 Å². The van der Waals surface area contributed by atoms with Crippen molar-refractivity contribution >= 4 is 21.6 Å². The van der Waals surface area contributed by atoms with E-state index >= 15 is 0 Å². The second-order valence-corrected chi connectivity index (χ2v) is 8.36. The van der Waals surface area contributed by atoms with Crippen molar-refractivity contribution < 1.29 is 13.2 Å². The number of carbonyl (C=O) groups is 1. The van der Waals surface area contributed by atoms with Crippen molar-refractivity contribution in [2.24, 2.45) is 0 Å². The molecule has 6 nitrogen and oxygen atoms in total. The summed E-state index contributed by atoms with van der Waals surface area (Å²) in [5, 5.41) is 11.8. The zero-order valence-electron chi connectivity index (χ0n) is 15.1. The lowest BCUT2D eigenvalue weighted by Crippen LogP contribution is -2.35. The van der Waals surface area contributed by atoms with Gasteiger partial charge in [-0.3, -0.25) is 9.10 Å². The molecule has 0 aliphatic heterocycles. The molecular weight excluding hydrogens is 350 g/mol. The first-order chi connectivity index (χ1) is 12.4. The summed E-state index contributed by atoms with van der Waals surface area (Å²) in [5.74, 6) is -0.175. The van der Waals surface area contributed by atoms with Gasteiger partial charge in [0.25, 0.3) is 0 Å². The van der Waals surface area contributed by atoms with Crippen LogP contribution in [-0.4, -0.2) is 33.7 Å². The minimum atomic E-state index is -3.54. The van der Waals surface area contributed by atoms with Crippen LogP contribution in [0.15, 0.2) is 35.9 Å². The first-order valence-electron chi connectivity index (χ1n) is 8.82. The second-order valence-electron chi connectivity index (χ2n) is 6.46. The van der Waals surface area contributed by atoms with Gasteiger partial charge in [-0.05, 0) is 50.3 Å². The van der Waals surface area contributed by atoms with Gasteiger partial charge in [0.05, 0.1) is 23.6 Å². The maximum absolute atomic E-state index is 12.1. The van der Waals surface area contributed by atoms with E-state index in [-0.39, 0.29) is 18.9 Å². The van der Waals surface area contributed by atoms with E-state index in [1.165, 1.54) is 24.5 Å². The van der Waals surface area contributed by atoms with Crippen LogP contribution in [0.25, 0.3) is 0 Å². The molecule has 2 rings (SSSR count). The fourth-order valence-corrected chi connectivity index (χ4v) is 3.92. The Morgan fingerprint density at radius 1 is 1.35 bits per heavy atom. The minimum absolute atomic E-state index is 0.0439. The van der Waals surface area contributed by atoms with Crippen molar-refractivity contribution in [2.75, 3.05) is 23.7 Å². The molecule has 0 aromatic heterocycles. The first kappa shape index (κ1) is 20.0. The zero-order chi connectivity index (χ0) is 19.0. The molecule has 26 heavy (non-hydrogen) atoms. The summed E-state index contributed by atoms with van der Waals surface area (Å²) in [6.07, 6.45) is 8.95. The Bertz CT molecular complexity index is 810. The van der Waals surface area contributed by atoms with Crippen LogP contribution in [0.2, 0.25) is 0 Å². The van der Waals surface area contributed by atoms with Gasteiger partial charge in [-0.15, -0.1) is 0 Å². The number of hydrogen-bond donors (Lipinski definition) is 1. The average Bonchev–Trinajstić information content (AvgIpc) is 2.62. The smallest absolute Gasteiger partial charge is 0.232 e. The maximum Gasteiger partial charge on any atom is 0.232 e. The third-order valence-electron chi connectivity index (χ3n) is 4.36. The number of nitriles is 1. The Kier molecular flexibility index (Phi) is 7.22. The lowest BCUT2D eigenvalue weighted by atomic mass is 9.97. The van der Waals surface area contributed by atoms with Crippen LogP contribution in [-0.2, 0) is 14.8 Å². The van der Waals surface area contributed by atoms with Gasteiger partial charge in [0, 0.05) is 19.5 Å². The molecule has 0 saturated carbocycles. The van der Waals surface area contributed by atoms with Gasteiger partial charge >= 0.3 is 0 Å². The van der Waals surface area contributed by atoms with Crippen LogP contribution in [0.1, 0.15) is 44.1 Å². The summed E-state index contributed by atoms with van der Waals surface area (Å²) in [7, 11) is -3.54. The molecule has 1 aliphatic rings. The summed E-state index contributed by atoms with van der Waals surface area (Å²) in [6.45, 7) is 0.621. The summed E-state index contributed by atoms with van der Waals surface area (Å²) >= 11 is 0. The molecule has 1 aliphatic carbocycles. The van der Waals surface area contributed by atoms with E-state index in [1.807, 2.05) is 6.07 Å². The quantitative estimate of drug-likeness (QED) is 0.707. The van der Waals surface area contributed by atoms with Crippen LogP contribution >= 0.6 is 0 Å². The molecule has 1 aromatic rings. The molecule has 0 spiro atoms. The van der Waals surface area contributed by atoms with E-state index in [4.69, 9.17) is 5.26 Å². The Morgan fingerprint density at radius 3 is 2.81 bits per heavy atom. The Morgan fingerprint density at radius 2 is 2.15 bits per heavy atom. The van der Waals surface area contributed by atoms with Gasteiger partial charge in [0.2, 0.25) is 15.9 Å². The molecule has 0 radical (unpaired) electrons. The highest BCUT2D eigenvalue weighted by Crippen LogP contribution is 2.20. The zero-order valence-corrected chi connectivity index (χ0v) is 15.9. The Hall–Kier alpha value is -2.33. The fraction of sp³-hybridized carbons (Fsp3) is 0.474. The Labute approximate surface area is 155 Å². The molecule has 1 N–H and O–H groups in total. The van der Waals surface area contributed by atoms with Crippen molar-refractivity contribution in [1.82, 2.24) is 5.32 Å². The van der Waals surface area contributed by atoms with Gasteiger partial charge in [-0.25, -0.2) is 8.42 Å². The molecule has 0 bridgehead atoms. The topological polar surface area (TPSA) is 90.3 Å². The van der Waals surface area contributed by atoms with Gasteiger partial charge in [0.1, 0.15) is 0 Å². The number of allylic oxidation sites excluding steroid dienone is 1. The van der Waals surface area contributed by atoms with Gasteiger partial charge in [0.15, 0.2) is 0 Å². The molecule has 1 aromatic carbocycles. The maximum atomic E-state index is 12.1. The van der Waals surface area contributed by atoms with E-state index in [1.54, 1.807) is 18.2 Å². The van der Waals surface area contributed by atoms with Crippen LogP contribution in [0.5, 0.6) is 0 Å². The van der Waals surface area contributed by atoms with E-state index < -0.39 is 10.0 Å². The summed E-state index contributed by atoms with van der Waals surface area (Å²) in [6, 6.07) is 8.36. The monoisotopic (exact) mass is 375 g/mol. The number of benzene rings is 1. The fourth-order valence-electron chi connectivity index (χ4n) is 3.00.